The molecule has 0 unspecified atom stereocenters. The van der Waals surface area contributed by atoms with Crippen molar-refractivity contribution < 1.29 is 57.8 Å². The van der Waals surface area contributed by atoms with E-state index in [1.54, 1.807) is 24.3 Å². The monoisotopic (exact) mass is 599 g/mol. The predicted octanol–water partition coefficient (Wildman–Crippen LogP) is -2.12. The zero-order valence-corrected chi connectivity index (χ0v) is 23.2. The highest BCUT2D eigenvalue weighted by atomic mass is 32.2. The number of carboxylic acid groups (broad SMARTS) is 1. The third-order valence-corrected chi connectivity index (χ3v) is 7.93. The third-order valence-electron chi connectivity index (χ3n) is 6.47. The Morgan fingerprint density at radius 3 is 2.39 bits per heavy atom. The molecule has 7 N–H and O–H groups in total. The summed E-state index contributed by atoms with van der Waals surface area (Å²) in [4.78, 5) is 37.0. The minimum Gasteiger partial charge on any atom is -0.477 e. The van der Waals surface area contributed by atoms with Crippen molar-refractivity contribution in [1.29, 1.82) is 0 Å². The van der Waals surface area contributed by atoms with Crippen LogP contribution in [0, 0.1) is 0 Å². The average Bonchev–Trinajstić information content (AvgIpc) is 2.90. The lowest BCUT2D eigenvalue weighted by Gasteiger charge is -2.44. The van der Waals surface area contributed by atoms with E-state index in [0.717, 1.165) is 12.6 Å². The molecule has 2 aromatic carbocycles. The molecule has 2 aromatic rings. The summed E-state index contributed by atoms with van der Waals surface area (Å²) in [5, 5.41) is 54.1. The van der Waals surface area contributed by atoms with Crippen LogP contribution < -0.4 is 14.9 Å². The van der Waals surface area contributed by atoms with E-state index >= 15 is 0 Å². The number of sulfonamides is 1. The second kappa shape index (κ2) is 12.6. The molecule has 0 spiro atoms. The molecule has 0 bridgehead atoms. The van der Waals surface area contributed by atoms with Crippen LogP contribution in [0.4, 0.5) is 5.69 Å². The average molecular weight is 600 g/mol. The second-order valence-electron chi connectivity index (χ2n) is 9.76. The molecule has 226 valence electrons. The lowest BCUT2D eigenvalue weighted by atomic mass is 9.88. The number of amides is 1. The first-order chi connectivity index (χ1) is 19.1. The summed E-state index contributed by atoms with van der Waals surface area (Å²) in [7, 11) is -0.575. The fraction of sp³-hybridized carbons (Fsp3) is 0.480. The summed E-state index contributed by atoms with van der Waals surface area (Å²) in [5.74, 6) is -6.64. The van der Waals surface area contributed by atoms with Gasteiger partial charge in [0.15, 0.2) is 0 Å². The fourth-order valence-electron chi connectivity index (χ4n) is 4.48. The number of carbonyl (C=O) groups is 3. The number of rotatable bonds is 11. The molecule has 0 radical (unpaired) electrons. The first kappa shape index (κ1) is 32.1. The number of carbonyl (C=O) groups excluding carboxylic acids is 2. The summed E-state index contributed by atoms with van der Waals surface area (Å²) >= 11 is 0. The Bertz CT molecular complexity index is 1400. The van der Waals surface area contributed by atoms with Gasteiger partial charge in [0.2, 0.25) is 15.9 Å². The number of aliphatic hydroxyl groups excluding tert-OH is 3. The van der Waals surface area contributed by atoms with Crippen molar-refractivity contribution >= 4 is 44.3 Å². The number of hydrogen-bond acceptors (Lipinski definition) is 12. The SMILES string of the molecule is CC(=O)N[C@H]1[C@H]([C@H](O)[C@H](O)COC(=O)CNS(=O)(=O)c2cccc3c(N(C)C)cccc23)O[C@](O)(C(=O)O)C[C@@H]1O. The van der Waals surface area contributed by atoms with Crippen molar-refractivity contribution in [1.82, 2.24) is 10.0 Å². The number of nitrogens with one attached hydrogen (secondary N) is 2. The molecule has 1 amide bonds. The first-order valence-corrected chi connectivity index (χ1v) is 13.8. The number of esters is 1. The maximum atomic E-state index is 13.0. The fourth-order valence-corrected chi connectivity index (χ4v) is 5.66. The van der Waals surface area contributed by atoms with Gasteiger partial charge in [-0.3, -0.25) is 9.59 Å². The minimum atomic E-state index is -4.20. The summed E-state index contributed by atoms with van der Waals surface area (Å²) < 4.78 is 38.0. The van der Waals surface area contributed by atoms with Crippen molar-refractivity contribution in [2.24, 2.45) is 0 Å². The molecule has 1 heterocycles. The number of carboxylic acids is 1. The van der Waals surface area contributed by atoms with E-state index in [1.165, 1.54) is 6.07 Å². The van der Waals surface area contributed by atoms with Crippen LogP contribution in [-0.4, -0.2) is 115 Å². The second-order valence-corrected chi connectivity index (χ2v) is 11.5. The Morgan fingerprint density at radius 2 is 1.78 bits per heavy atom. The Morgan fingerprint density at radius 1 is 1.15 bits per heavy atom. The first-order valence-electron chi connectivity index (χ1n) is 12.4. The van der Waals surface area contributed by atoms with Gasteiger partial charge in [-0.15, -0.1) is 0 Å². The van der Waals surface area contributed by atoms with Crippen LogP contribution in [0.3, 0.4) is 0 Å². The largest absolute Gasteiger partial charge is 0.477 e. The molecule has 15 nitrogen and oxygen atoms in total. The van der Waals surface area contributed by atoms with Gasteiger partial charge in [0.25, 0.3) is 5.79 Å². The topological polar surface area (TPSA) is 232 Å². The number of anilines is 1. The van der Waals surface area contributed by atoms with Crippen molar-refractivity contribution in [3.8, 4) is 0 Å². The van der Waals surface area contributed by atoms with Gasteiger partial charge in [-0.1, -0.05) is 24.3 Å². The van der Waals surface area contributed by atoms with Crippen LogP contribution in [-0.2, 0) is 33.9 Å². The zero-order valence-electron chi connectivity index (χ0n) is 22.4. The van der Waals surface area contributed by atoms with Crippen molar-refractivity contribution in [3.05, 3.63) is 36.4 Å². The van der Waals surface area contributed by atoms with Crippen molar-refractivity contribution in [2.75, 3.05) is 32.1 Å². The van der Waals surface area contributed by atoms with Crippen molar-refractivity contribution in [2.45, 2.75) is 54.5 Å². The molecule has 1 aliphatic heterocycles. The molecule has 1 saturated heterocycles. The van der Waals surface area contributed by atoms with Gasteiger partial charge in [0, 0.05) is 43.9 Å². The van der Waals surface area contributed by atoms with E-state index in [9.17, 15) is 48.3 Å². The van der Waals surface area contributed by atoms with Gasteiger partial charge >= 0.3 is 11.9 Å². The van der Waals surface area contributed by atoms with E-state index < -0.39 is 83.7 Å². The summed E-state index contributed by atoms with van der Waals surface area (Å²) in [5.41, 5.74) is 0.781. The number of fused-ring (bicyclic) bond motifs is 1. The molecule has 1 aliphatic rings. The molecular formula is C25H33N3O12S. The van der Waals surface area contributed by atoms with Crippen LogP contribution in [0.1, 0.15) is 13.3 Å². The summed E-state index contributed by atoms with van der Waals surface area (Å²) in [6.07, 6.45) is -8.41. The van der Waals surface area contributed by atoms with Gasteiger partial charge < -0.3 is 45.2 Å². The quantitative estimate of drug-likeness (QED) is 0.137. The van der Waals surface area contributed by atoms with Gasteiger partial charge in [-0.25, -0.2) is 13.2 Å². The molecule has 3 rings (SSSR count). The lowest BCUT2D eigenvalue weighted by molar-refractivity contribution is -0.295. The van der Waals surface area contributed by atoms with E-state index in [4.69, 9.17) is 9.47 Å². The van der Waals surface area contributed by atoms with Gasteiger partial charge in [-0.2, -0.15) is 4.72 Å². The Labute approximate surface area is 235 Å². The van der Waals surface area contributed by atoms with Crippen LogP contribution in [0.15, 0.2) is 41.3 Å². The Kier molecular flexibility index (Phi) is 9.91. The van der Waals surface area contributed by atoms with Gasteiger partial charge in [-0.05, 0) is 12.1 Å². The third kappa shape index (κ3) is 7.28. The highest BCUT2D eigenvalue weighted by Crippen LogP contribution is 2.31. The number of aliphatic carboxylic acids is 1. The number of aliphatic hydroxyl groups is 4. The minimum absolute atomic E-state index is 0.0788. The van der Waals surface area contributed by atoms with E-state index in [1.807, 2.05) is 25.1 Å². The van der Waals surface area contributed by atoms with Crippen LogP contribution in [0.5, 0.6) is 0 Å². The van der Waals surface area contributed by atoms with E-state index in [0.29, 0.717) is 10.8 Å². The molecule has 0 aliphatic carbocycles. The number of ether oxygens (including phenoxy) is 2. The van der Waals surface area contributed by atoms with E-state index in [2.05, 4.69) is 10.0 Å². The van der Waals surface area contributed by atoms with Crippen LogP contribution in [0.25, 0.3) is 10.8 Å². The standard InChI is InChI=1S/C25H33N3O12S/c1-13(29)27-21-17(30)10-25(36,24(34)35)40-23(21)22(33)18(31)12-39-20(32)11-26-41(37,38)19-9-5-6-14-15(19)7-4-8-16(14)28(2)3/h4-9,17-18,21-23,26,30-31,33,36H,10-12H2,1-3H3,(H,27,29)(H,34,35)/t17-,18+,21+,22+,23+,25-/m0/s1. The molecule has 0 saturated carbocycles. The highest BCUT2D eigenvalue weighted by molar-refractivity contribution is 7.89. The molecule has 41 heavy (non-hydrogen) atoms. The van der Waals surface area contributed by atoms with Crippen LogP contribution in [0.2, 0.25) is 0 Å². The number of hydrogen-bond donors (Lipinski definition) is 7. The smallest absolute Gasteiger partial charge is 0.364 e. The maximum Gasteiger partial charge on any atom is 0.364 e. The Hall–Kier alpha value is -3.38. The Balaban J connectivity index is 1.66. The molecular weight excluding hydrogens is 566 g/mol. The number of benzene rings is 2. The predicted molar refractivity (Wildman–Crippen MR) is 142 cm³/mol. The van der Waals surface area contributed by atoms with Gasteiger partial charge in [0.1, 0.15) is 31.5 Å². The lowest BCUT2D eigenvalue weighted by Crippen LogP contribution is -2.67. The summed E-state index contributed by atoms with van der Waals surface area (Å²) in [6, 6.07) is 8.39. The zero-order chi connectivity index (χ0) is 30.7. The summed E-state index contributed by atoms with van der Waals surface area (Å²) in [6.45, 7) is -0.663. The molecule has 6 atom stereocenters. The molecule has 1 fully saturated rings. The molecule has 16 heteroatoms. The van der Waals surface area contributed by atoms with E-state index in [-0.39, 0.29) is 4.90 Å². The maximum absolute atomic E-state index is 13.0. The normalized spacial score (nSPS) is 24.3. The number of nitrogens with zero attached hydrogens (tertiary/aromatic N) is 1. The van der Waals surface area contributed by atoms with Crippen LogP contribution >= 0.6 is 0 Å². The van der Waals surface area contributed by atoms with Crippen molar-refractivity contribution in [3.63, 3.8) is 0 Å². The molecule has 0 aromatic heterocycles. The van der Waals surface area contributed by atoms with Gasteiger partial charge in [0.05, 0.1) is 17.0 Å². The highest BCUT2D eigenvalue weighted by Gasteiger charge is 2.54.